The third kappa shape index (κ3) is 3.07. The molecule has 3 heterocycles. The highest BCUT2D eigenvalue weighted by Gasteiger charge is 2.30. The van der Waals surface area contributed by atoms with Gasteiger partial charge in [0.15, 0.2) is 6.61 Å². The van der Waals surface area contributed by atoms with E-state index in [0.29, 0.717) is 11.7 Å². The van der Waals surface area contributed by atoms with Crippen LogP contribution in [0.15, 0.2) is 30.6 Å². The topological polar surface area (TPSA) is 89.4 Å². The summed E-state index contributed by atoms with van der Waals surface area (Å²) >= 11 is 0. The number of rotatable bonds is 4. The van der Waals surface area contributed by atoms with Gasteiger partial charge < -0.3 is 9.64 Å². The molecule has 8 heteroatoms. The predicted molar refractivity (Wildman–Crippen MR) is 89.2 cm³/mol. The third-order valence-electron chi connectivity index (χ3n) is 4.59. The maximum absolute atomic E-state index is 12.2. The molecule has 1 atom stereocenters. The molecule has 2 aromatic rings. The Kier molecular flexibility index (Phi) is 4.09. The lowest BCUT2D eigenvalue weighted by Gasteiger charge is -2.25. The summed E-state index contributed by atoms with van der Waals surface area (Å²) in [5.41, 5.74) is 0.818. The number of nitrogens with zero attached hydrogens (tertiary/aromatic N) is 4. The Balaban J connectivity index is 1.55. The number of hydrogen-bond donors (Lipinski definition) is 1. The van der Waals surface area contributed by atoms with Gasteiger partial charge in [0, 0.05) is 18.7 Å². The van der Waals surface area contributed by atoms with Crippen molar-refractivity contribution in [2.45, 2.75) is 25.3 Å². The fourth-order valence-corrected chi connectivity index (χ4v) is 3.33. The summed E-state index contributed by atoms with van der Waals surface area (Å²) in [5.74, 6) is 0.893. The maximum atomic E-state index is 12.2. The minimum Gasteiger partial charge on any atom is -0.483 e. The van der Waals surface area contributed by atoms with Crippen LogP contribution in [0.25, 0.3) is 0 Å². The number of aromatic nitrogens is 3. The number of ether oxygens (including phenoxy) is 1. The highest BCUT2D eigenvalue weighted by molar-refractivity contribution is 5.91. The van der Waals surface area contributed by atoms with Gasteiger partial charge >= 0.3 is 0 Å². The molecule has 2 amide bonds. The van der Waals surface area contributed by atoms with Crippen molar-refractivity contribution < 1.29 is 14.3 Å². The van der Waals surface area contributed by atoms with Crippen LogP contribution in [-0.4, -0.2) is 51.2 Å². The first-order valence-corrected chi connectivity index (χ1v) is 8.41. The molecule has 25 heavy (non-hydrogen) atoms. The van der Waals surface area contributed by atoms with Gasteiger partial charge in [0.1, 0.15) is 12.1 Å². The average Bonchev–Trinajstić information content (AvgIpc) is 3.30. The zero-order chi connectivity index (χ0) is 17.2. The third-order valence-corrected chi connectivity index (χ3v) is 4.59. The zero-order valence-corrected chi connectivity index (χ0v) is 13.7. The highest BCUT2D eigenvalue weighted by atomic mass is 16.5. The summed E-state index contributed by atoms with van der Waals surface area (Å²) in [6.45, 7) is 1.60. The molecule has 1 saturated heterocycles. The Hall–Kier alpha value is -2.90. The van der Waals surface area contributed by atoms with Gasteiger partial charge in [-0.25, -0.2) is 4.68 Å². The molecule has 1 N–H and O–H groups in total. The average molecular weight is 341 g/mol. The smallest absolute Gasteiger partial charge is 0.260 e. The van der Waals surface area contributed by atoms with Crippen molar-refractivity contribution in [3.05, 3.63) is 36.2 Å². The molecule has 2 aliphatic heterocycles. The maximum Gasteiger partial charge on any atom is 0.260 e. The van der Waals surface area contributed by atoms with Gasteiger partial charge in [0.2, 0.25) is 11.9 Å². The summed E-state index contributed by atoms with van der Waals surface area (Å²) in [6.07, 6.45) is 3.76. The minimum absolute atomic E-state index is 0.000143. The summed E-state index contributed by atoms with van der Waals surface area (Å²) in [6, 6.07) is 7.14. The summed E-state index contributed by atoms with van der Waals surface area (Å²) < 4.78 is 7.48. The van der Waals surface area contributed by atoms with Crippen LogP contribution in [0.2, 0.25) is 0 Å². The SMILES string of the molecule is O=C1C[C@@H](c2ccccc2OCC(=O)N2CCCC2)n2ncnc2N1. The largest absolute Gasteiger partial charge is 0.483 e. The Morgan fingerprint density at radius 3 is 2.92 bits per heavy atom. The van der Waals surface area contributed by atoms with Crippen LogP contribution in [0.3, 0.4) is 0 Å². The van der Waals surface area contributed by atoms with E-state index >= 15 is 0 Å². The van der Waals surface area contributed by atoms with E-state index in [4.69, 9.17) is 4.74 Å². The number of para-hydroxylation sites is 1. The van der Waals surface area contributed by atoms with E-state index in [0.717, 1.165) is 31.5 Å². The molecule has 0 aliphatic carbocycles. The first-order chi connectivity index (χ1) is 12.2. The van der Waals surface area contributed by atoms with Crippen molar-refractivity contribution in [3.8, 4) is 5.75 Å². The zero-order valence-electron chi connectivity index (χ0n) is 13.7. The second-order valence-corrected chi connectivity index (χ2v) is 6.21. The summed E-state index contributed by atoms with van der Waals surface area (Å²) in [7, 11) is 0. The van der Waals surface area contributed by atoms with Gasteiger partial charge in [-0.1, -0.05) is 18.2 Å². The van der Waals surface area contributed by atoms with Crippen molar-refractivity contribution in [1.82, 2.24) is 19.7 Å². The molecule has 0 spiro atoms. The first kappa shape index (κ1) is 15.6. The summed E-state index contributed by atoms with van der Waals surface area (Å²) in [5, 5.41) is 6.90. The van der Waals surface area contributed by atoms with Gasteiger partial charge in [-0.3, -0.25) is 14.9 Å². The number of carbonyl (C=O) groups is 2. The number of nitrogens with one attached hydrogen (secondary N) is 1. The number of hydrogen-bond acceptors (Lipinski definition) is 5. The Bertz CT molecular complexity index is 797. The Morgan fingerprint density at radius 1 is 1.28 bits per heavy atom. The molecular weight excluding hydrogens is 322 g/mol. The minimum atomic E-state index is -0.302. The van der Waals surface area contributed by atoms with Crippen molar-refractivity contribution in [3.63, 3.8) is 0 Å². The second kappa shape index (κ2) is 6.54. The van der Waals surface area contributed by atoms with E-state index in [2.05, 4.69) is 15.4 Å². The molecule has 0 radical (unpaired) electrons. The van der Waals surface area contributed by atoms with Crippen LogP contribution in [0, 0.1) is 0 Å². The van der Waals surface area contributed by atoms with Gasteiger partial charge in [-0.15, -0.1) is 0 Å². The molecule has 0 saturated carbocycles. The predicted octanol–water partition coefficient (Wildman–Crippen LogP) is 1.21. The molecule has 1 fully saturated rings. The van der Waals surface area contributed by atoms with Crippen LogP contribution in [0.4, 0.5) is 5.95 Å². The van der Waals surface area contributed by atoms with Crippen molar-refractivity contribution in [2.24, 2.45) is 0 Å². The number of anilines is 1. The number of fused-ring (bicyclic) bond motifs is 1. The monoisotopic (exact) mass is 341 g/mol. The van der Waals surface area contributed by atoms with Gasteiger partial charge in [-0.05, 0) is 18.9 Å². The standard InChI is InChI=1S/C17H19N5O3/c23-15-9-13(22-17(20-15)18-11-19-22)12-5-1-2-6-14(12)25-10-16(24)21-7-3-4-8-21/h1-2,5-6,11,13H,3-4,7-10H2,(H,18,19,20,23)/t13-/m0/s1. The molecule has 2 aliphatic rings. The summed E-state index contributed by atoms with van der Waals surface area (Å²) in [4.78, 5) is 30.1. The van der Waals surface area contributed by atoms with E-state index in [-0.39, 0.29) is 30.9 Å². The highest BCUT2D eigenvalue weighted by Crippen LogP contribution is 2.34. The fourth-order valence-electron chi connectivity index (χ4n) is 3.33. The number of carbonyl (C=O) groups excluding carboxylic acids is 2. The molecule has 4 rings (SSSR count). The van der Waals surface area contributed by atoms with E-state index in [1.165, 1.54) is 6.33 Å². The van der Waals surface area contributed by atoms with Crippen molar-refractivity contribution in [1.29, 1.82) is 0 Å². The lowest BCUT2D eigenvalue weighted by molar-refractivity contribution is -0.132. The van der Waals surface area contributed by atoms with Crippen molar-refractivity contribution in [2.75, 3.05) is 25.0 Å². The van der Waals surface area contributed by atoms with Crippen LogP contribution in [-0.2, 0) is 9.59 Å². The van der Waals surface area contributed by atoms with E-state index < -0.39 is 0 Å². The van der Waals surface area contributed by atoms with Gasteiger partial charge in [-0.2, -0.15) is 10.1 Å². The molecule has 130 valence electrons. The van der Waals surface area contributed by atoms with Crippen LogP contribution >= 0.6 is 0 Å². The number of likely N-dealkylation sites (tertiary alicyclic amines) is 1. The molecule has 1 aromatic heterocycles. The molecule has 0 bridgehead atoms. The second-order valence-electron chi connectivity index (χ2n) is 6.21. The molecule has 8 nitrogen and oxygen atoms in total. The Morgan fingerprint density at radius 2 is 2.08 bits per heavy atom. The normalized spacial score (nSPS) is 19.4. The fraction of sp³-hybridized carbons (Fsp3) is 0.412. The van der Waals surface area contributed by atoms with Crippen molar-refractivity contribution >= 4 is 17.8 Å². The van der Waals surface area contributed by atoms with Gasteiger partial charge in [0.25, 0.3) is 5.91 Å². The quantitative estimate of drug-likeness (QED) is 0.903. The van der Waals surface area contributed by atoms with E-state index in [9.17, 15) is 9.59 Å². The molecular formula is C17H19N5O3. The van der Waals surface area contributed by atoms with Crippen LogP contribution < -0.4 is 10.1 Å². The van der Waals surface area contributed by atoms with Crippen LogP contribution in [0.5, 0.6) is 5.75 Å². The molecule has 1 aromatic carbocycles. The number of amides is 2. The first-order valence-electron chi connectivity index (χ1n) is 8.41. The van der Waals surface area contributed by atoms with E-state index in [1.54, 1.807) is 4.68 Å². The Labute approximate surface area is 144 Å². The van der Waals surface area contributed by atoms with Gasteiger partial charge in [0.05, 0.1) is 12.5 Å². The van der Waals surface area contributed by atoms with Crippen LogP contribution in [0.1, 0.15) is 30.9 Å². The van der Waals surface area contributed by atoms with E-state index in [1.807, 2.05) is 29.2 Å². The lowest BCUT2D eigenvalue weighted by Crippen LogP contribution is -2.33. The number of benzene rings is 1. The molecule has 0 unspecified atom stereocenters. The lowest BCUT2D eigenvalue weighted by atomic mass is 10.0.